The summed E-state index contributed by atoms with van der Waals surface area (Å²) in [5, 5.41) is 20.7. The third kappa shape index (κ3) is 4.37. The van der Waals surface area contributed by atoms with E-state index < -0.39 is 17.2 Å². The van der Waals surface area contributed by atoms with Gasteiger partial charge in [-0.25, -0.2) is 0 Å². The predicted octanol–water partition coefficient (Wildman–Crippen LogP) is 4.01. The lowest BCUT2D eigenvalue weighted by Gasteiger charge is -2.16. The van der Waals surface area contributed by atoms with Crippen molar-refractivity contribution in [3.05, 3.63) is 91.7 Å². The van der Waals surface area contributed by atoms with Gasteiger partial charge in [-0.1, -0.05) is 41.4 Å². The molecule has 2 aromatic carbocycles. The Morgan fingerprint density at radius 2 is 1.77 bits per heavy atom. The number of ether oxygens (including phenoxy) is 1. The van der Waals surface area contributed by atoms with Crippen molar-refractivity contribution in [3.8, 4) is 17.7 Å². The summed E-state index contributed by atoms with van der Waals surface area (Å²) < 4.78 is 6.51. The van der Waals surface area contributed by atoms with Crippen LogP contribution in [-0.4, -0.2) is 22.1 Å². The van der Waals surface area contributed by atoms with E-state index in [0.29, 0.717) is 10.8 Å². The summed E-state index contributed by atoms with van der Waals surface area (Å²) in [7, 11) is 0. The number of aryl methyl sites for hydroxylation is 1. The van der Waals surface area contributed by atoms with Gasteiger partial charge in [-0.3, -0.25) is 14.2 Å². The van der Waals surface area contributed by atoms with Crippen LogP contribution in [0.4, 0.5) is 0 Å². The summed E-state index contributed by atoms with van der Waals surface area (Å²) in [5.41, 5.74) is 0.990. The molecule has 30 heavy (non-hydrogen) atoms. The van der Waals surface area contributed by atoms with Gasteiger partial charge >= 0.3 is 0 Å². The number of aromatic nitrogens is 1. The van der Waals surface area contributed by atoms with Crippen LogP contribution in [-0.2, 0) is 6.54 Å². The molecule has 0 spiro atoms. The number of hydrogen-bond donors (Lipinski definition) is 1. The Labute approximate surface area is 178 Å². The van der Waals surface area contributed by atoms with Crippen molar-refractivity contribution in [2.24, 2.45) is 0 Å². The van der Waals surface area contributed by atoms with Crippen LogP contribution in [0.2, 0.25) is 5.02 Å². The molecule has 1 heterocycles. The molecule has 0 aliphatic carbocycles. The van der Waals surface area contributed by atoms with Crippen molar-refractivity contribution in [1.82, 2.24) is 4.57 Å². The fourth-order valence-corrected chi connectivity index (χ4v) is 3.19. The first kappa shape index (κ1) is 21.2. The largest absolute Gasteiger partial charge is 0.494 e. The molecule has 0 atom stereocenters. The number of carbonyl (C=O) groups is 1. The van der Waals surface area contributed by atoms with Crippen molar-refractivity contribution in [3.63, 3.8) is 0 Å². The van der Waals surface area contributed by atoms with Crippen LogP contribution in [0.15, 0.2) is 53.3 Å². The van der Waals surface area contributed by atoms with Crippen LogP contribution >= 0.6 is 11.6 Å². The van der Waals surface area contributed by atoms with Crippen LogP contribution in [0.5, 0.6) is 11.6 Å². The lowest BCUT2D eigenvalue weighted by Crippen LogP contribution is -2.28. The van der Waals surface area contributed by atoms with Crippen molar-refractivity contribution in [2.45, 2.75) is 20.4 Å². The van der Waals surface area contributed by atoms with Gasteiger partial charge in [0.05, 0.1) is 12.1 Å². The third-order valence-corrected chi connectivity index (χ3v) is 4.98. The summed E-state index contributed by atoms with van der Waals surface area (Å²) in [6.45, 7) is 3.05. The first-order chi connectivity index (χ1) is 14.3. The Balaban J connectivity index is 1.97. The van der Waals surface area contributed by atoms with Crippen molar-refractivity contribution < 1.29 is 14.6 Å². The van der Waals surface area contributed by atoms with E-state index >= 15 is 0 Å². The highest BCUT2D eigenvalue weighted by Gasteiger charge is 2.24. The normalized spacial score (nSPS) is 10.5. The number of pyridine rings is 1. The van der Waals surface area contributed by atoms with Gasteiger partial charge < -0.3 is 9.84 Å². The predicted molar refractivity (Wildman–Crippen MR) is 113 cm³/mol. The van der Waals surface area contributed by atoms with Gasteiger partial charge in [-0.2, -0.15) is 5.26 Å². The van der Waals surface area contributed by atoms with E-state index in [1.54, 1.807) is 24.3 Å². The maximum atomic E-state index is 12.8. The Bertz CT molecular complexity index is 1190. The van der Waals surface area contributed by atoms with Crippen molar-refractivity contribution >= 4 is 17.4 Å². The number of Topliss-reactive ketones (excluding diaryl/α,β-unsaturated/α-hetero) is 1. The van der Waals surface area contributed by atoms with E-state index in [1.807, 2.05) is 37.3 Å². The number of ketones is 1. The average Bonchev–Trinajstić information content (AvgIpc) is 2.72. The number of carbonyl (C=O) groups excluding carboxylic acids is 1. The van der Waals surface area contributed by atoms with E-state index in [0.717, 1.165) is 15.7 Å². The van der Waals surface area contributed by atoms with Gasteiger partial charge in [-0.15, -0.1) is 0 Å². The molecule has 0 aliphatic rings. The fraction of sp³-hybridized carbons (Fsp3) is 0.174. The van der Waals surface area contributed by atoms with Crippen LogP contribution < -0.4 is 10.3 Å². The second kappa shape index (κ2) is 8.85. The highest BCUT2D eigenvalue weighted by atomic mass is 35.5. The summed E-state index contributed by atoms with van der Waals surface area (Å²) in [6, 6.07) is 15.7. The van der Waals surface area contributed by atoms with E-state index in [4.69, 9.17) is 16.3 Å². The van der Waals surface area contributed by atoms with E-state index in [1.165, 1.54) is 6.92 Å². The molecular formula is C23H19ClN2O4. The molecule has 0 amide bonds. The first-order valence-electron chi connectivity index (χ1n) is 9.15. The first-order valence-corrected chi connectivity index (χ1v) is 9.53. The minimum atomic E-state index is -0.650. The van der Waals surface area contributed by atoms with Crippen LogP contribution in [0.3, 0.4) is 0 Å². The molecule has 0 radical (unpaired) electrons. The lowest BCUT2D eigenvalue weighted by atomic mass is 10.0. The molecule has 0 bridgehead atoms. The smallest absolute Gasteiger partial charge is 0.271 e. The third-order valence-electron chi connectivity index (χ3n) is 4.72. The molecule has 0 aliphatic heterocycles. The molecule has 0 fully saturated rings. The number of hydrogen-bond acceptors (Lipinski definition) is 5. The van der Waals surface area contributed by atoms with E-state index in [9.17, 15) is 20.0 Å². The minimum absolute atomic E-state index is 0.0260. The van der Waals surface area contributed by atoms with E-state index in [2.05, 4.69) is 0 Å². The molecule has 1 N–H and O–H groups in total. The zero-order valence-corrected chi connectivity index (χ0v) is 17.2. The standard InChI is InChI=1S/C23H19ClN2O4/c1-14-3-5-16(6-4-14)12-26-22(28)19(11-25)15(2)21(23(26)29)20(27)13-30-18-9-7-17(24)8-10-18/h3-10,29H,12-13H2,1-2H3. The van der Waals surface area contributed by atoms with Gasteiger partial charge in [0.1, 0.15) is 17.4 Å². The number of rotatable bonds is 6. The maximum Gasteiger partial charge on any atom is 0.271 e. The molecule has 3 rings (SSSR count). The average molecular weight is 423 g/mol. The summed E-state index contributed by atoms with van der Waals surface area (Å²) in [6.07, 6.45) is 0. The highest BCUT2D eigenvalue weighted by Crippen LogP contribution is 2.24. The SMILES string of the molecule is Cc1ccc(Cn2c(O)c(C(=O)COc3ccc(Cl)cc3)c(C)c(C#N)c2=O)cc1. The molecule has 3 aromatic rings. The second-order valence-electron chi connectivity index (χ2n) is 6.85. The summed E-state index contributed by atoms with van der Waals surface area (Å²) in [4.78, 5) is 25.5. The molecule has 7 heteroatoms. The van der Waals surface area contributed by atoms with Gasteiger partial charge in [0.2, 0.25) is 11.7 Å². The van der Waals surface area contributed by atoms with Gasteiger partial charge in [-0.05, 0) is 49.2 Å². The number of halogens is 1. The monoisotopic (exact) mass is 422 g/mol. The number of benzene rings is 2. The van der Waals surface area contributed by atoms with Crippen molar-refractivity contribution in [2.75, 3.05) is 6.61 Å². The van der Waals surface area contributed by atoms with Crippen molar-refractivity contribution in [1.29, 1.82) is 5.26 Å². The minimum Gasteiger partial charge on any atom is -0.494 e. The Morgan fingerprint density at radius 1 is 1.13 bits per heavy atom. The van der Waals surface area contributed by atoms with Crippen LogP contribution in [0.25, 0.3) is 0 Å². The van der Waals surface area contributed by atoms with Gasteiger partial charge in [0.25, 0.3) is 5.56 Å². The maximum absolute atomic E-state index is 12.8. The molecule has 6 nitrogen and oxygen atoms in total. The molecule has 0 saturated heterocycles. The zero-order valence-electron chi connectivity index (χ0n) is 16.5. The Kier molecular flexibility index (Phi) is 6.24. The lowest BCUT2D eigenvalue weighted by molar-refractivity contribution is 0.0916. The zero-order chi connectivity index (χ0) is 21.8. The number of nitrogens with zero attached hydrogens (tertiary/aromatic N) is 2. The van der Waals surface area contributed by atoms with Crippen LogP contribution in [0, 0.1) is 25.2 Å². The fourth-order valence-electron chi connectivity index (χ4n) is 3.06. The molecular weight excluding hydrogens is 404 g/mol. The quantitative estimate of drug-likeness (QED) is 0.606. The number of nitriles is 1. The molecule has 152 valence electrons. The van der Waals surface area contributed by atoms with Crippen LogP contribution in [0.1, 0.15) is 32.6 Å². The number of aromatic hydroxyl groups is 1. The summed E-state index contributed by atoms with van der Waals surface area (Å²) in [5.74, 6) is -0.603. The highest BCUT2D eigenvalue weighted by molar-refractivity contribution is 6.30. The van der Waals surface area contributed by atoms with Gasteiger partial charge in [0.15, 0.2) is 6.61 Å². The van der Waals surface area contributed by atoms with E-state index in [-0.39, 0.29) is 29.8 Å². The molecule has 0 unspecified atom stereocenters. The summed E-state index contributed by atoms with van der Waals surface area (Å²) >= 11 is 5.83. The molecule has 1 aromatic heterocycles. The Morgan fingerprint density at radius 3 is 2.37 bits per heavy atom. The Hall–Kier alpha value is -3.56. The van der Waals surface area contributed by atoms with Gasteiger partial charge in [0, 0.05) is 5.02 Å². The second-order valence-corrected chi connectivity index (χ2v) is 7.29. The molecule has 0 saturated carbocycles. The topological polar surface area (TPSA) is 92.3 Å².